The summed E-state index contributed by atoms with van der Waals surface area (Å²) in [4.78, 5) is 11.2. The molecule has 21 heavy (non-hydrogen) atoms. The smallest absolute Gasteiger partial charge is 0.303 e. The zero-order valence-electron chi connectivity index (χ0n) is 13.7. The first-order valence-corrected chi connectivity index (χ1v) is 10.3. The topological polar surface area (TPSA) is 54.0 Å². The fraction of sp³-hybridized carbons (Fsp3) is 0.800. The van der Waals surface area contributed by atoms with Gasteiger partial charge in [0.1, 0.15) is 18.3 Å². The monoisotopic (exact) mass is 314 g/mol. The van der Waals surface area contributed by atoms with Crippen LogP contribution in [0.3, 0.4) is 0 Å². The SMILES string of the molecule is CC(=O)O[C@H]1C=C[C@@H]2O[C@H]1[C@@H](CO[Si](C)(C)C(C)(C)C)O2. The van der Waals surface area contributed by atoms with Crippen LogP contribution >= 0.6 is 0 Å². The molecule has 1 saturated heterocycles. The zero-order valence-corrected chi connectivity index (χ0v) is 14.7. The lowest BCUT2D eigenvalue weighted by Gasteiger charge is -2.37. The van der Waals surface area contributed by atoms with E-state index in [1.54, 1.807) is 6.08 Å². The Morgan fingerprint density at radius 2 is 1.90 bits per heavy atom. The first-order valence-electron chi connectivity index (χ1n) is 7.40. The van der Waals surface area contributed by atoms with E-state index in [-0.39, 0.29) is 29.5 Å². The minimum atomic E-state index is -1.83. The van der Waals surface area contributed by atoms with Gasteiger partial charge in [-0.3, -0.25) is 4.79 Å². The predicted molar refractivity (Wildman–Crippen MR) is 81.4 cm³/mol. The van der Waals surface area contributed by atoms with Crippen LogP contribution in [-0.4, -0.2) is 45.5 Å². The molecule has 0 aromatic rings. The van der Waals surface area contributed by atoms with Crippen LogP contribution in [-0.2, 0) is 23.4 Å². The molecule has 1 fully saturated rings. The van der Waals surface area contributed by atoms with Gasteiger partial charge in [0.05, 0.1) is 6.61 Å². The standard InChI is InChI=1S/C15H26O5Si/c1-10(16)18-11-7-8-13-19-12(14(11)20-13)9-17-21(5,6)15(2,3)4/h7-8,11-14H,9H2,1-6H3/t11-,12+,13-,14+/m0/s1. The number of fused-ring (bicyclic) bond motifs is 2. The van der Waals surface area contributed by atoms with Gasteiger partial charge in [-0.15, -0.1) is 0 Å². The maximum absolute atomic E-state index is 11.2. The second kappa shape index (κ2) is 5.83. The highest BCUT2D eigenvalue weighted by atomic mass is 28.4. The van der Waals surface area contributed by atoms with E-state index in [0.29, 0.717) is 6.61 Å². The van der Waals surface area contributed by atoms with Gasteiger partial charge < -0.3 is 18.6 Å². The summed E-state index contributed by atoms with van der Waals surface area (Å²) in [5.41, 5.74) is 0. The Morgan fingerprint density at radius 1 is 1.24 bits per heavy atom. The minimum Gasteiger partial charge on any atom is -0.455 e. The lowest BCUT2D eigenvalue weighted by Crippen LogP contribution is -2.46. The van der Waals surface area contributed by atoms with Crippen LogP contribution < -0.4 is 0 Å². The summed E-state index contributed by atoms with van der Waals surface area (Å²) in [6.45, 7) is 12.9. The third-order valence-corrected chi connectivity index (χ3v) is 8.97. The van der Waals surface area contributed by atoms with E-state index in [0.717, 1.165) is 0 Å². The van der Waals surface area contributed by atoms with Gasteiger partial charge in [-0.25, -0.2) is 0 Å². The molecule has 120 valence electrons. The second-order valence-corrected chi connectivity index (χ2v) is 12.0. The Bertz CT molecular complexity index is 426. The van der Waals surface area contributed by atoms with E-state index in [2.05, 4.69) is 33.9 Å². The average molecular weight is 314 g/mol. The van der Waals surface area contributed by atoms with E-state index in [1.165, 1.54) is 6.92 Å². The van der Waals surface area contributed by atoms with E-state index >= 15 is 0 Å². The fourth-order valence-corrected chi connectivity index (χ4v) is 3.17. The molecule has 0 amide bonds. The summed E-state index contributed by atoms with van der Waals surface area (Å²) >= 11 is 0. The molecular weight excluding hydrogens is 288 g/mol. The van der Waals surface area contributed by atoms with E-state index in [9.17, 15) is 4.79 Å². The molecule has 4 atom stereocenters. The molecule has 2 bridgehead atoms. The molecule has 0 spiro atoms. The van der Waals surface area contributed by atoms with Crippen LogP contribution in [0.25, 0.3) is 0 Å². The summed E-state index contributed by atoms with van der Waals surface area (Å²) in [7, 11) is -1.83. The normalized spacial score (nSPS) is 32.3. The van der Waals surface area contributed by atoms with Gasteiger partial charge in [0, 0.05) is 6.92 Å². The molecule has 0 aromatic carbocycles. The Labute approximate surface area is 127 Å². The second-order valence-electron chi connectivity index (χ2n) is 7.17. The molecule has 2 heterocycles. The highest BCUT2D eigenvalue weighted by molar-refractivity contribution is 6.74. The van der Waals surface area contributed by atoms with Crippen molar-refractivity contribution in [3.63, 3.8) is 0 Å². The number of carbonyl (C=O) groups excluding carboxylic acids is 1. The van der Waals surface area contributed by atoms with E-state index in [1.807, 2.05) is 6.08 Å². The molecule has 0 radical (unpaired) electrons. The highest BCUT2D eigenvalue weighted by Gasteiger charge is 2.46. The Balaban J connectivity index is 1.98. The number of carbonyl (C=O) groups is 1. The van der Waals surface area contributed by atoms with Crippen LogP contribution in [0.4, 0.5) is 0 Å². The van der Waals surface area contributed by atoms with Crippen LogP contribution in [0.5, 0.6) is 0 Å². The number of rotatable bonds is 4. The van der Waals surface area contributed by atoms with Crippen molar-refractivity contribution in [2.24, 2.45) is 0 Å². The van der Waals surface area contributed by atoms with Crippen molar-refractivity contribution in [1.82, 2.24) is 0 Å². The van der Waals surface area contributed by atoms with Crippen molar-refractivity contribution in [2.45, 2.75) is 70.4 Å². The van der Waals surface area contributed by atoms with Crippen molar-refractivity contribution < 1.29 is 23.4 Å². The minimum absolute atomic E-state index is 0.148. The third-order valence-electron chi connectivity index (χ3n) is 4.47. The molecule has 0 unspecified atom stereocenters. The maximum Gasteiger partial charge on any atom is 0.303 e. The molecule has 5 nitrogen and oxygen atoms in total. The largest absolute Gasteiger partial charge is 0.455 e. The van der Waals surface area contributed by atoms with Gasteiger partial charge in [0.2, 0.25) is 0 Å². The van der Waals surface area contributed by atoms with Gasteiger partial charge in [0.15, 0.2) is 14.6 Å². The van der Waals surface area contributed by atoms with E-state index in [4.69, 9.17) is 18.6 Å². The molecule has 0 aliphatic carbocycles. The van der Waals surface area contributed by atoms with Gasteiger partial charge >= 0.3 is 5.97 Å². The molecule has 0 saturated carbocycles. The summed E-state index contributed by atoms with van der Waals surface area (Å²) in [6.07, 6.45) is 2.39. The number of esters is 1. The molecule has 6 heteroatoms. The summed E-state index contributed by atoms with van der Waals surface area (Å²) < 4.78 is 23.0. The van der Waals surface area contributed by atoms with Crippen molar-refractivity contribution in [3.8, 4) is 0 Å². The molecular formula is C15H26O5Si. The number of hydrogen-bond donors (Lipinski definition) is 0. The number of ether oxygens (including phenoxy) is 3. The first kappa shape index (κ1) is 16.7. The Morgan fingerprint density at radius 3 is 2.48 bits per heavy atom. The Kier molecular flexibility index (Phi) is 4.63. The molecule has 0 N–H and O–H groups in total. The molecule has 2 rings (SSSR count). The van der Waals surface area contributed by atoms with Gasteiger partial charge in [-0.1, -0.05) is 20.8 Å². The average Bonchev–Trinajstić information content (AvgIpc) is 2.67. The van der Waals surface area contributed by atoms with Crippen molar-refractivity contribution in [1.29, 1.82) is 0 Å². The first-order chi connectivity index (χ1) is 9.60. The van der Waals surface area contributed by atoms with Crippen molar-refractivity contribution in [2.75, 3.05) is 6.61 Å². The fourth-order valence-electron chi connectivity index (χ4n) is 2.15. The highest BCUT2D eigenvalue weighted by Crippen LogP contribution is 2.37. The molecule has 2 aliphatic heterocycles. The van der Waals surface area contributed by atoms with Gasteiger partial charge in [-0.05, 0) is 30.3 Å². The van der Waals surface area contributed by atoms with Crippen LogP contribution in [0.2, 0.25) is 18.1 Å². The summed E-state index contributed by atoms with van der Waals surface area (Å²) in [5.74, 6) is -0.317. The maximum atomic E-state index is 11.2. The Hall–Kier alpha value is -0.693. The number of hydrogen-bond acceptors (Lipinski definition) is 5. The third kappa shape index (κ3) is 3.74. The van der Waals surface area contributed by atoms with Gasteiger partial charge in [0.25, 0.3) is 0 Å². The van der Waals surface area contributed by atoms with Crippen molar-refractivity contribution >= 4 is 14.3 Å². The predicted octanol–water partition coefficient (Wildman–Crippen LogP) is 2.62. The van der Waals surface area contributed by atoms with Crippen LogP contribution in [0.1, 0.15) is 27.7 Å². The lowest BCUT2D eigenvalue weighted by atomic mass is 10.1. The molecule has 0 aromatic heterocycles. The van der Waals surface area contributed by atoms with Crippen molar-refractivity contribution in [3.05, 3.63) is 12.2 Å². The molecule has 2 aliphatic rings. The lowest BCUT2D eigenvalue weighted by molar-refractivity contribution is -0.151. The van der Waals surface area contributed by atoms with Crippen LogP contribution in [0.15, 0.2) is 12.2 Å². The quantitative estimate of drug-likeness (QED) is 0.453. The summed E-state index contributed by atoms with van der Waals surface area (Å²) in [5, 5.41) is 0.148. The van der Waals surface area contributed by atoms with E-state index < -0.39 is 14.4 Å². The van der Waals surface area contributed by atoms with Crippen LogP contribution in [0, 0.1) is 0 Å². The zero-order chi connectivity index (χ0) is 15.8. The summed E-state index contributed by atoms with van der Waals surface area (Å²) in [6, 6.07) is 0. The van der Waals surface area contributed by atoms with Gasteiger partial charge in [-0.2, -0.15) is 0 Å².